The summed E-state index contributed by atoms with van der Waals surface area (Å²) in [5.41, 5.74) is 0.676. The van der Waals surface area contributed by atoms with Crippen LogP contribution in [0.1, 0.15) is 32.8 Å². The Balaban J connectivity index is 2.37. The van der Waals surface area contributed by atoms with E-state index in [9.17, 15) is 9.59 Å². The summed E-state index contributed by atoms with van der Waals surface area (Å²) < 4.78 is 10.8. The van der Waals surface area contributed by atoms with Gasteiger partial charge in [0.2, 0.25) is 0 Å². The molecule has 1 atom stereocenters. The van der Waals surface area contributed by atoms with Crippen LogP contribution in [-0.2, 0) is 4.79 Å². The molecular formula is C17H20ClNO4S. The van der Waals surface area contributed by atoms with Crippen molar-refractivity contribution in [2.75, 3.05) is 13.7 Å². The Morgan fingerprint density at radius 1 is 1.33 bits per heavy atom. The van der Waals surface area contributed by atoms with Crippen LogP contribution in [0.15, 0.2) is 17.0 Å². The fraction of sp³-hybridized carbons (Fsp3) is 0.412. The van der Waals surface area contributed by atoms with Gasteiger partial charge in [0.05, 0.1) is 23.6 Å². The van der Waals surface area contributed by atoms with Crippen molar-refractivity contribution in [2.45, 2.75) is 33.2 Å². The summed E-state index contributed by atoms with van der Waals surface area (Å²) in [6.45, 7) is 6.11. The number of nitrogens with zero attached hydrogens (tertiary/aromatic N) is 1. The zero-order valence-electron chi connectivity index (χ0n) is 14.1. The van der Waals surface area contributed by atoms with Crippen LogP contribution < -0.4 is 9.47 Å². The van der Waals surface area contributed by atoms with E-state index < -0.39 is 0 Å². The lowest BCUT2D eigenvalue weighted by molar-refractivity contribution is -0.124. The number of thioether (sulfide) groups is 1. The fourth-order valence-corrected chi connectivity index (χ4v) is 3.50. The van der Waals surface area contributed by atoms with Crippen molar-refractivity contribution in [3.63, 3.8) is 0 Å². The van der Waals surface area contributed by atoms with Gasteiger partial charge in [-0.15, -0.1) is 0 Å². The van der Waals surface area contributed by atoms with Gasteiger partial charge < -0.3 is 9.47 Å². The highest BCUT2D eigenvalue weighted by molar-refractivity contribution is 8.18. The first kappa shape index (κ1) is 18.7. The summed E-state index contributed by atoms with van der Waals surface area (Å²) in [5.74, 6) is 0.673. The van der Waals surface area contributed by atoms with Crippen molar-refractivity contribution in [3.8, 4) is 11.5 Å². The van der Waals surface area contributed by atoms with Gasteiger partial charge in [0.1, 0.15) is 0 Å². The number of hydrogen-bond donors (Lipinski definition) is 0. The van der Waals surface area contributed by atoms with Gasteiger partial charge in [-0.2, -0.15) is 0 Å². The van der Waals surface area contributed by atoms with E-state index >= 15 is 0 Å². The van der Waals surface area contributed by atoms with Gasteiger partial charge in [-0.05, 0) is 55.8 Å². The lowest BCUT2D eigenvalue weighted by Crippen LogP contribution is -2.36. The summed E-state index contributed by atoms with van der Waals surface area (Å²) in [5, 5.41) is 0.146. The van der Waals surface area contributed by atoms with Gasteiger partial charge in [0.15, 0.2) is 11.5 Å². The molecule has 2 rings (SSSR count). The van der Waals surface area contributed by atoms with Gasteiger partial charge in [-0.25, -0.2) is 0 Å². The van der Waals surface area contributed by atoms with Crippen LogP contribution in [0.5, 0.6) is 11.5 Å². The van der Waals surface area contributed by atoms with Crippen LogP contribution in [0, 0.1) is 0 Å². The minimum Gasteiger partial charge on any atom is -0.493 e. The lowest BCUT2D eigenvalue weighted by Gasteiger charge is -2.19. The molecule has 24 heavy (non-hydrogen) atoms. The largest absolute Gasteiger partial charge is 0.493 e. The Hall–Kier alpha value is -1.66. The maximum atomic E-state index is 12.5. The van der Waals surface area contributed by atoms with Crippen molar-refractivity contribution >= 4 is 40.6 Å². The van der Waals surface area contributed by atoms with Gasteiger partial charge in [-0.1, -0.05) is 18.5 Å². The van der Waals surface area contributed by atoms with E-state index in [0.29, 0.717) is 40.0 Å². The zero-order chi connectivity index (χ0) is 17.9. The number of ether oxygens (including phenoxy) is 2. The van der Waals surface area contributed by atoms with Crippen LogP contribution in [0.4, 0.5) is 4.79 Å². The molecule has 2 amide bonds. The van der Waals surface area contributed by atoms with Crippen LogP contribution in [-0.4, -0.2) is 35.8 Å². The molecule has 7 heteroatoms. The second kappa shape index (κ2) is 7.94. The molecule has 0 spiro atoms. The average molecular weight is 370 g/mol. The minimum absolute atomic E-state index is 0.123. The average Bonchev–Trinajstić information content (AvgIpc) is 2.83. The number of hydrogen-bond acceptors (Lipinski definition) is 5. The van der Waals surface area contributed by atoms with Crippen molar-refractivity contribution in [2.24, 2.45) is 0 Å². The van der Waals surface area contributed by atoms with Gasteiger partial charge in [0, 0.05) is 6.04 Å². The molecule has 0 unspecified atom stereocenters. The molecular weight excluding hydrogens is 350 g/mol. The van der Waals surface area contributed by atoms with Crippen molar-refractivity contribution in [1.29, 1.82) is 0 Å². The van der Waals surface area contributed by atoms with E-state index in [1.807, 2.05) is 20.8 Å². The SMILES string of the molecule is CCOc1c(Cl)cc(/C=C2/SC(=O)N([C@@H](C)CC)C2=O)cc1OC. The Morgan fingerprint density at radius 3 is 2.62 bits per heavy atom. The number of methoxy groups -OCH3 is 1. The Bertz CT molecular complexity index is 689. The predicted octanol–water partition coefficient (Wildman–Crippen LogP) is 4.58. The summed E-state index contributed by atoms with van der Waals surface area (Å²) in [4.78, 5) is 26.2. The number of amides is 2. The number of carbonyl (C=O) groups is 2. The van der Waals surface area contributed by atoms with Gasteiger partial charge in [-0.3, -0.25) is 14.5 Å². The van der Waals surface area contributed by atoms with E-state index in [4.69, 9.17) is 21.1 Å². The van der Waals surface area contributed by atoms with E-state index in [2.05, 4.69) is 0 Å². The molecule has 0 aromatic heterocycles. The molecule has 0 saturated carbocycles. The van der Waals surface area contributed by atoms with Gasteiger partial charge in [0.25, 0.3) is 11.1 Å². The van der Waals surface area contributed by atoms with E-state index in [0.717, 1.165) is 11.8 Å². The summed E-state index contributed by atoms with van der Waals surface area (Å²) in [7, 11) is 1.52. The summed E-state index contributed by atoms with van der Waals surface area (Å²) in [6, 6.07) is 3.29. The third-order valence-corrected chi connectivity index (χ3v) is 4.86. The number of imide groups is 1. The number of carbonyl (C=O) groups excluding carboxylic acids is 2. The maximum absolute atomic E-state index is 12.5. The molecule has 130 valence electrons. The predicted molar refractivity (Wildman–Crippen MR) is 96.7 cm³/mol. The Kier molecular flexibility index (Phi) is 6.18. The monoisotopic (exact) mass is 369 g/mol. The van der Waals surface area contributed by atoms with E-state index in [1.165, 1.54) is 12.0 Å². The number of rotatable bonds is 6. The van der Waals surface area contributed by atoms with Crippen molar-refractivity contribution in [1.82, 2.24) is 4.90 Å². The quantitative estimate of drug-likeness (QED) is 0.687. The molecule has 0 bridgehead atoms. The lowest BCUT2D eigenvalue weighted by atomic mass is 10.1. The molecule has 1 aliphatic rings. The first-order valence-electron chi connectivity index (χ1n) is 7.70. The molecule has 0 N–H and O–H groups in total. The normalized spacial score (nSPS) is 17.5. The van der Waals surface area contributed by atoms with E-state index in [-0.39, 0.29) is 17.2 Å². The Labute approximate surface area is 150 Å². The first-order valence-corrected chi connectivity index (χ1v) is 8.89. The smallest absolute Gasteiger partial charge is 0.293 e. The van der Waals surface area contributed by atoms with Crippen LogP contribution >= 0.6 is 23.4 Å². The molecule has 1 fully saturated rings. The van der Waals surface area contributed by atoms with Crippen LogP contribution in [0.3, 0.4) is 0 Å². The molecule has 1 aromatic rings. The van der Waals surface area contributed by atoms with Crippen molar-refractivity contribution < 1.29 is 19.1 Å². The van der Waals surface area contributed by atoms with Gasteiger partial charge >= 0.3 is 0 Å². The molecule has 5 nitrogen and oxygen atoms in total. The second-order valence-electron chi connectivity index (χ2n) is 5.28. The van der Waals surface area contributed by atoms with Crippen molar-refractivity contribution in [3.05, 3.63) is 27.6 Å². The molecule has 1 aromatic carbocycles. The maximum Gasteiger partial charge on any atom is 0.293 e. The van der Waals surface area contributed by atoms with E-state index in [1.54, 1.807) is 18.2 Å². The highest BCUT2D eigenvalue weighted by Gasteiger charge is 2.37. The summed E-state index contributed by atoms with van der Waals surface area (Å²) in [6.07, 6.45) is 2.37. The molecule has 0 aliphatic carbocycles. The second-order valence-corrected chi connectivity index (χ2v) is 6.68. The van der Waals surface area contributed by atoms with Crippen LogP contribution in [0.25, 0.3) is 6.08 Å². The third kappa shape index (κ3) is 3.70. The third-order valence-electron chi connectivity index (χ3n) is 3.69. The fourth-order valence-electron chi connectivity index (χ4n) is 2.30. The highest BCUT2D eigenvalue weighted by atomic mass is 35.5. The zero-order valence-corrected chi connectivity index (χ0v) is 15.7. The minimum atomic E-state index is -0.275. The molecule has 1 aliphatic heterocycles. The molecule has 1 heterocycles. The molecule has 0 radical (unpaired) electrons. The standard InChI is InChI=1S/C17H20ClNO4S/c1-5-10(3)19-16(20)14(24-17(19)21)9-11-7-12(18)15(23-6-2)13(8-11)22-4/h7-10H,5-6H2,1-4H3/b14-9+/t10-/m0/s1. The first-order chi connectivity index (χ1) is 11.4. The summed E-state index contributed by atoms with van der Waals surface area (Å²) >= 11 is 7.18. The number of benzene rings is 1. The number of halogens is 1. The molecule has 1 saturated heterocycles. The highest BCUT2D eigenvalue weighted by Crippen LogP contribution is 2.39. The van der Waals surface area contributed by atoms with Crippen LogP contribution in [0.2, 0.25) is 5.02 Å². The Morgan fingerprint density at radius 2 is 2.04 bits per heavy atom. The topological polar surface area (TPSA) is 55.8 Å².